The number of aromatic nitrogens is 2. The molecule has 1 heterocycles. The molecule has 29 heavy (non-hydrogen) atoms. The van der Waals surface area contributed by atoms with Crippen molar-refractivity contribution in [3.05, 3.63) is 74.5 Å². The molecule has 1 N–H and O–H groups in total. The van der Waals surface area contributed by atoms with Crippen LogP contribution in [0.4, 0.5) is 0 Å². The van der Waals surface area contributed by atoms with E-state index in [2.05, 4.69) is 41.2 Å². The van der Waals surface area contributed by atoms with Crippen molar-refractivity contribution < 1.29 is 4.74 Å². The molecule has 0 bridgehead atoms. The Morgan fingerprint density at radius 3 is 2.86 bits per heavy atom. The van der Waals surface area contributed by atoms with E-state index in [-0.39, 0.29) is 11.5 Å². The summed E-state index contributed by atoms with van der Waals surface area (Å²) in [5.41, 5.74) is 5.21. The number of allylic oxidation sites excluding steroid dienone is 8. The largest absolute Gasteiger partial charge is 0.377 e. The summed E-state index contributed by atoms with van der Waals surface area (Å²) in [6.45, 7) is 2.45. The molecule has 0 spiro atoms. The van der Waals surface area contributed by atoms with Crippen molar-refractivity contribution in [2.24, 2.45) is 5.92 Å². The van der Waals surface area contributed by atoms with Gasteiger partial charge >= 0.3 is 0 Å². The van der Waals surface area contributed by atoms with Gasteiger partial charge in [0.15, 0.2) is 0 Å². The van der Waals surface area contributed by atoms with E-state index >= 15 is 0 Å². The number of methoxy groups -OCH3 is 1. The molecule has 0 saturated carbocycles. The molecule has 1 atom stereocenters. The third-order valence-corrected chi connectivity index (χ3v) is 5.52. The second kappa shape index (κ2) is 10.2. The molecule has 0 fully saturated rings. The fourth-order valence-corrected chi connectivity index (χ4v) is 3.91. The number of rotatable bonds is 8. The lowest BCUT2D eigenvalue weighted by Gasteiger charge is -2.21. The van der Waals surface area contributed by atoms with Gasteiger partial charge in [0.2, 0.25) is 0 Å². The zero-order chi connectivity index (χ0) is 20.6. The van der Waals surface area contributed by atoms with Crippen LogP contribution in [-0.2, 0) is 24.2 Å². The Morgan fingerprint density at radius 1 is 1.31 bits per heavy atom. The molecule has 5 heteroatoms. The Kier molecular flexibility index (Phi) is 7.37. The van der Waals surface area contributed by atoms with E-state index in [0.29, 0.717) is 18.9 Å². The van der Waals surface area contributed by atoms with Crippen molar-refractivity contribution in [1.82, 2.24) is 9.97 Å². The van der Waals surface area contributed by atoms with Gasteiger partial charge < -0.3 is 9.72 Å². The lowest BCUT2D eigenvalue weighted by molar-refractivity contribution is 0.177. The van der Waals surface area contributed by atoms with Crippen LogP contribution in [0.15, 0.2) is 51.9 Å². The van der Waals surface area contributed by atoms with E-state index in [9.17, 15) is 10.1 Å². The quantitative estimate of drug-likeness (QED) is 0.709. The minimum Gasteiger partial charge on any atom is -0.377 e. The first-order valence-electron chi connectivity index (χ1n) is 10.4. The zero-order valence-electron chi connectivity index (χ0n) is 17.3. The van der Waals surface area contributed by atoms with Gasteiger partial charge in [-0.2, -0.15) is 5.26 Å². The number of hydrogen-bond acceptors (Lipinski definition) is 4. The maximum absolute atomic E-state index is 12.7. The topological polar surface area (TPSA) is 78.8 Å². The van der Waals surface area contributed by atoms with Crippen LogP contribution in [0.2, 0.25) is 0 Å². The highest BCUT2D eigenvalue weighted by Gasteiger charge is 2.21. The van der Waals surface area contributed by atoms with Gasteiger partial charge in [-0.1, -0.05) is 49.3 Å². The molecule has 0 aromatic carbocycles. The maximum Gasteiger partial charge on any atom is 0.254 e. The van der Waals surface area contributed by atoms with Crippen molar-refractivity contribution in [2.75, 3.05) is 7.11 Å². The van der Waals surface area contributed by atoms with Gasteiger partial charge in [-0.15, -0.1) is 0 Å². The van der Waals surface area contributed by atoms with E-state index in [1.165, 1.54) is 11.1 Å². The van der Waals surface area contributed by atoms with Crippen LogP contribution < -0.4 is 5.56 Å². The first kappa shape index (κ1) is 21.0. The molecule has 0 amide bonds. The van der Waals surface area contributed by atoms with Crippen molar-refractivity contribution in [3.8, 4) is 6.07 Å². The van der Waals surface area contributed by atoms with E-state index < -0.39 is 0 Å². The predicted octanol–water partition coefficient (Wildman–Crippen LogP) is 4.47. The Bertz CT molecular complexity index is 957. The van der Waals surface area contributed by atoms with Gasteiger partial charge in [-0.05, 0) is 43.3 Å². The van der Waals surface area contributed by atoms with Gasteiger partial charge in [0.05, 0.1) is 17.7 Å². The predicted molar refractivity (Wildman–Crippen MR) is 114 cm³/mol. The van der Waals surface area contributed by atoms with E-state index in [1.54, 1.807) is 7.11 Å². The summed E-state index contributed by atoms with van der Waals surface area (Å²) < 4.78 is 5.13. The van der Waals surface area contributed by atoms with Crippen LogP contribution in [0.1, 0.15) is 56.1 Å². The Morgan fingerprint density at radius 2 is 2.17 bits per heavy atom. The Hall–Kier alpha value is -2.71. The SMILES string of the molecule is CCCCc1nc(COC)[nH]c(=O)c1CC1=CC=C(C2=CC=CCC2C#N)CC1. The third-order valence-electron chi connectivity index (χ3n) is 5.52. The summed E-state index contributed by atoms with van der Waals surface area (Å²) in [5.74, 6) is 0.536. The molecule has 1 aromatic rings. The molecule has 2 aliphatic rings. The average Bonchev–Trinajstić information content (AvgIpc) is 2.75. The number of nitrogens with zero attached hydrogens (tertiary/aromatic N) is 2. The van der Waals surface area contributed by atoms with Crippen LogP contribution >= 0.6 is 0 Å². The molecular formula is C24H29N3O2. The summed E-state index contributed by atoms with van der Waals surface area (Å²) in [6.07, 6.45) is 16.5. The number of nitriles is 1. The molecule has 0 aliphatic heterocycles. The molecular weight excluding hydrogens is 362 g/mol. The Balaban J connectivity index is 1.83. The summed E-state index contributed by atoms with van der Waals surface area (Å²) in [5, 5.41) is 9.41. The van der Waals surface area contributed by atoms with Gasteiger partial charge in [-0.25, -0.2) is 4.98 Å². The maximum atomic E-state index is 12.7. The van der Waals surface area contributed by atoms with E-state index in [0.717, 1.165) is 55.4 Å². The molecule has 0 radical (unpaired) electrons. The number of hydrogen-bond donors (Lipinski definition) is 1. The summed E-state index contributed by atoms with van der Waals surface area (Å²) in [4.78, 5) is 20.2. The second-order valence-electron chi connectivity index (χ2n) is 7.64. The fraction of sp³-hybridized carbons (Fsp3) is 0.458. The van der Waals surface area contributed by atoms with Crippen molar-refractivity contribution >= 4 is 0 Å². The van der Waals surface area contributed by atoms with Crippen molar-refractivity contribution in [2.45, 2.75) is 58.5 Å². The van der Waals surface area contributed by atoms with Crippen LogP contribution in [0.5, 0.6) is 0 Å². The van der Waals surface area contributed by atoms with Gasteiger partial charge in [0, 0.05) is 19.1 Å². The molecule has 1 unspecified atom stereocenters. The monoisotopic (exact) mass is 391 g/mol. The standard InChI is InChI=1S/C24H29N3O2/c1-3-4-9-22-21(24(28)27-23(26-22)16-29-2)14-17-10-12-18(13-11-17)20-8-6-5-7-19(20)15-25/h5-6,8,10,12,19H,3-4,7,9,11,13-14,16H2,1-2H3,(H,26,27,28). The lowest BCUT2D eigenvalue weighted by atomic mass is 9.82. The van der Waals surface area contributed by atoms with E-state index in [4.69, 9.17) is 4.74 Å². The van der Waals surface area contributed by atoms with Crippen LogP contribution in [0, 0.1) is 17.2 Å². The van der Waals surface area contributed by atoms with Crippen LogP contribution in [0.25, 0.3) is 0 Å². The number of aromatic amines is 1. The highest BCUT2D eigenvalue weighted by molar-refractivity contribution is 5.45. The van der Waals surface area contributed by atoms with Crippen molar-refractivity contribution in [1.29, 1.82) is 5.26 Å². The normalized spacial score (nSPS) is 18.7. The average molecular weight is 392 g/mol. The third kappa shape index (κ3) is 5.21. The minimum absolute atomic E-state index is 0.0535. The number of nitrogens with one attached hydrogen (secondary N) is 1. The minimum atomic E-state index is -0.0569. The molecule has 1 aromatic heterocycles. The second-order valence-corrected chi connectivity index (χ2v) is 7.64. The fourth-order valence-electron chi connectivity index (χ4n) is 3.91. The van der Waals surface area contributed by atoms with Gasteiger partial charge in [0.25, 0.3) is 5.56 Å². The smallest absolute Gasteiger partial charge is 0.254 e. The molecule has 0 saturated heterocycles. The first-order valence-corrected chi connectivity index (χ1v) is 10.4. The molecule has 3 rings (SSSR count). The van der Waals surface area contributed by atoms with Crippen molar-refractivity contribution in [3.63, 3.8) is 0 Å². The van der Waals surface area contributed by atoms with Gasteiger partial charge in [-0.3, -0.25) is 4.79 Å². The summed E-state index contributed by atoms with van der Waals surface area (Å²) in [6, 6.07) is 2.41. The van der Waals surface area contributed by atoms with Gasteiger partial charge in [0.1, 0.15) is 12.4 Å². The molecule has 152 valence electrons. The Labute approximate surface area is 172 Å². The number of ether oxygens (including phenoxy) is 1. The van der Waals surface area contributed by atoms with Crippen LogP contribution in [-0.4, -0.2) is 17.1 Å². The number of unbranched alkanes of at least 4 members (excludes halogenated alkanes) is 1. The highest BCUT2D eigenvalue weighted by Crippen LogP contribution is 2.33. The highest BCUT2D eigenvalue weighted by atomic mass is 16.5. The molecule has 2 aliphatic carbocycles. The molecule has 5 nitrogen and oxygen atoms in total. The first-order chi connectivity index (χ1) is 14.2. The number of aryl methyl sites for hydroxylation is 1. The van der Waals surface area contributed by atoms with Crippen LogP contribution in [0.3, 0.4) is 0 Å². The number of H-pyrrole nitrogens is 1. The van der Waals surface area contributed by atoms with E-state index in [1.807, 2.05) is 12.2 Å². The summed E-state index contributed by atoms with van der Waals surface area (Å²) in [7, 11) is 1.60. The zero-order valence-corrected chi connectivity index (χ0v) is 17.3. The lowest BCUT2D eigenvalue weighted by Crippen LogP contribution is -2.21. The summed E-state index contributed by atoms with van der Waals surface area (Å²) >= 11 is 0.